The minimum absolute atomic E-state index is 0.114. The first-order chi connectivity index (χ1) is 7.63. The summed E-state index contributed by atoms with van der Waals surface area (Å²) in [5.74, 6) is 0.697. The Balaban J connectivity index is 2.65. The zero-order chi connectivity index (χ0) is 12.0. The molecule has 1 aromatic heterocycles. The van der Waals surface area contributed by atoms with E-state index in [0.29, 0.717) is 12.3 Å². The summed E-state index contributed by atoms with van der Waals surface area (Å²) in [5.41, 5.74) is 0.777. The first-order valence-electron chi connectivity index (χ1n) is 5.63. The first kappa shape index (κ1) is 12.9. The van der Waals surface area contributed by atoms with Gasteiger partial charge in [-0.3, -0.25) is 4.98 Å². The van der Waals surface area contributed by atoms with E-state index in [2.05, 4.69) is 10.3 Å². The number of nitrogens with one attached hydrogen (secondary N) is 1. The van der Waals surface area contributed by atoms with Crippen LogP contribution in [0.2, 0.25) is 0 Å². The van der Waals surface area contributed by atoms with Gasteiger partial charge in [0.05, 0.1) is 18.4 Å². The molecule has 1 rings (SSSR count). The lowest BCUT2D eigenvalue weighted by atomic mass is 10.1. The number of hydrogen-bond acceptors (Lipinski definition) is 4. The lowest BCUT2D eigenvalue weighted by molar-refractivity contribution is 0.174. The van der Waals surface area contributed by atoms with E-state index in [-0.39, 0.29) is 6.10 Å². The number of hydrogen-bond donors (Lipinski definition) is 2. The molecular weight excluding hydrogens is 204 g/mol. The van der Waals surface area contributed by atoms with Crippen LogP contribution < -0.4 is 10.1 Å². The molecule has 90 valence electrons. The molecule has 4 nitrogen and oxygen atoms in total. The Morgan fingerprint density at radius 2 is 2.19 bits per heavy atom. The quantitative estimate of drug-likeness (QED) is 0.769. The molecule has 0 spiro atoms. The largest absolute Gasteiger partial charge is 0.489 e. The van der Waals surface area contributed by atoms with Crippen molar-refractivity contribution in [2.24, 2.45) is 0 Å². The average molecular weight is 224 g/mol. The molecule has 1 heterocycles. The van der Waals surface area contributed by atoms with Crippen LogP contribution in [-0.4, -0.2) is 29.3 Å². The third-order valence-electron chi connectivity index (χ3n) is 2.08. The van der Waals surface area contributed by atoms with E-state index in [1.807, 2.05) is 26.8 Å². The van der Waals surface area contributed by atoms with E-state index < -0.39 is 6.10 Å². The molecule has 1 aromatic rings. The standard InChI is InChI=1S/C12H20N2O2/c1-4-13-8-12(15)10-5-11(7-14-6-10)16-9(2)3/h5-7,9,12-13,15H,4,8H2,1-3H3. The molecule has 0 fully saturated rings. The molecule has 2 N–H and O–H groups in total. The Hall–Kier alpha value is -1.13. The van der Waals surface area contributed by atoms with E-state index >= 15 is 0 Å². The highest BCUT2D eigenvalue weighted by Gasteiger charge is 2.08. The summed E-state index contributed by atoms with van der Waals surface area (Å²) >= 11 is 0. The van der Waals surface area contributed by atoms with Crippen molar-refractivity contribution in [1.29, 1.82) is 0 Å². The van der Waals surface area contributed by atoms with Gasteiger partial charge in [0, 0.05) is 18.3 Å². The third kappa shape index (κ3) is 4.16. The van der Waals surface area contributed by atoms with Crippen molar-refractivity contribution in [2.45, 2.75) is 33.0 Å². The first-order valence-corrected chi connectivity index (χ1v) is 5.63. The van der Waals surface area contributed by atoms with E-state index in [9.17, 15) is 5.11 Å². The predicted octanol–water partition coefficient (Wildman–Crippen LogP) is 1.51. The molecule has 0 aliphatic rings. The smallest absolute Gasteiger partial charge is 0.138 e. The van der Waals surface area contributed by atoms with E-state index in [1.165, 1.54) is 0 Å². The highest BCUT2D eigenvalue weighted by molar-refractivity contribution is 5.25. The number of nitrogens with zero attached hydrogens (tertiary/aromatic N) is 1. The third-order valence-corrected chi connectivity index (χ3v) is 2.08. The SMILES string of the molecule is CCNCC(O)c1cncc(OC(C)C)c1. The number of pyridine rings is 1. The van der Waals surface area contributed by atoms with Gasteiger partial charge in [-0.25, -0.2) is 0 Å². The molecule has 0 saturated heterocycles. The molecule has 0 bridgehead atoms. The summed E-state index contributed by atoms with van der Waals surface area (Å²) in [6.45, 7) is 7.29. The lowest BCUT2D eigenvalue weighted by Crippen LogP contribution is -2.21. The molecule has 0 amide bonds. The Kier molecular flexibility index (Phi) is 5.22. The maximum Gasteiger partial charge on any atom is 0.138 e. The van der Waals surface area contributed by atoms with Crippen LogP contribution in [0.15, 0.2) is 18.5 Å². The molecule has 0 aromatic carbocycles. The second kappa shape index (κ2) is 6.45. The highest BCUT2D eigenvalue weighted by Crippen LogP contribution is 2.18. The van der Waals surface area contributed by atoms with Crippen molar-refractivity contribution in [3.8, 4) is 5.75 Å². The molecule has 0 aliphatic carbocycles. The van der Waals surface area contributed by atoms with Crippen LogP contribution in [-0.2, 0) is 0 Å². The summed E-state index contributed by atoms with van der Waals surface area (Å²) in [6.07, 6.45) is 2.89. The maximum atomic E-state index is 9.85. The number of aliphatic hydroxyl groups excluding tert-OH is 1. The molecule has 16 heavy (non-hydrogen) atoms. The van der Waals surface area contributed by atoms with Crippen LogP contribution in [0.5, 0.6) is 5.75 Å². The number of likely N-dealkylation sites (N-methyl/N-ethyl adjacent to an activating group) is 1. The second-order valence-electron chi connectivity index (χ2n) is 3.94. The number of rotatable bonds is 6. The molecule has 1 unspecified atom stereocenters. The molecule has 4 heteroatoms. The van der Waals surface area contributed by atoms with Crippen molar-refractivity contribution >= 4 is 0 Å². The van der Waals surface area contributed by atoms with Crippen LogP contribution in [0, 0.1) is 0 Å². The van der Waals surface area contributed by atoms with Gasteiger partial charge in [-0.05, 0) is 26.5 Å². The lowest BCUT2D eigenvalue weighted by Gasteiger charge is -2.14. The topological polar surface area (TPSA) is 54.4 Å². The van der Waals surface area contributed by atoms with Gasteiger partial charge in [0.25, 0.3) is 0 Å². The van der Waals surface area contributed by atoms with E-state index in [1.54, 1.807) is 12.4 Å². The predicted molar refractivity (Wildman–Crippen MR) is 63.5 cm³/mol. The van der Waals surface area contributed by atoms with Crippen molar-refractivity contribution < 1.29 is 9.84 Å². The van der Waals surface area contributed by atoms with E-state index in [4.69, 9.17) is 4.74 Å². The normalized spacial score (nSPS) is 12.8. The van der Waals surface area contributed by atoms with Crippen molar-refractivity contribution in [1.82, 2.24) is 10.3 Å². The van der Waals surface area contributed by atoms with Crippen molar-refractivity contribution in [3.05, 3.63) is 24.0 Å². The van der Waals surface area contributed by atoms with Crippen LogP contribution in [0.1, 0.15) is 32.4 Å². The summed E-state index contributed by atoms with van der Waals surface area (Å²) in [4.78, 5) is 4.05. The highest BCUT2D eigenvalue weighted by atomic mass is 16.5. The second-order valence-corrected chi connectivity index (χ2v) is 3.94. The summed E-state index contributed by atoms with van der Waals surface area (Å²) < 4.78 is 5.52. The summed E-state index contributed by atoms with van der Waals surface area (Å²) in [5, 5.41) is 12.9. The molecule has 0 radical (unpaired) electrons. The Bertz CT molecular complexity index is 316. The Morgan fingerprint density at radius 1 is 1.44 bits per heavy atom. The van der Waals surface area contributed by atoms with Gasteiger partial charge in [0.2, 0.25) is 0 Å². The average Bonchev–Trinajstić information content (AvgIpc) is 2.25. The fraction of sp³-hybridized carbons (Fsp3) is 0.583. The minimum Gasteiger partial charge on any atom is -0.489 e. The van der Waals surface area contributed by atoms with Gasteiger partial charge in [-0.1, -0.05) is 6.92 Å². The summed E-state index contributed by atoms with van der Waals surface area (Å²) in [7, 11) is 0. The van der Waals surface area contributed by atoms with Crippen LogP contribution in [0.25, 0.3) is 0 Å². The summed E-state index contributed by atoms with van der Waals surface area (Å²) in [6, 6.07) is 1.83. The van der Waals surface area contributed by atoms with Gasteiger partial charge >= 0.3 is 0 Å². The van der Waals surface area contributed by atoms with Crippen LogP contribution >= 0.6 is 0 Å². The minimum atomic E-state index is -0.539. The molecule has 0 aliphatic heterocycles. The number of ether oxygens (including phenoxy) is 1. The van der Waals surface area contributed by atoms with Gasteiger partial charge in [0.1, 0.15) is 5.75 Å². The number of aromatic nitrogens is 1. The monoisotopic (exact) mass is 224 g/mol. The zero-order valence-corrected chi connectivity index (χ0v) is 10.1. The van der Waals surface area contributed by atoms with Crippen molar-refractivity contribution in [3.63, 3.8) is 0 Å². The maximum absolute atomic E-state index is 9.85. The van der Waals surface area contributed by atoms with Crippen LogP contribution in [0.4, 0.5) is 0 Å². The zero-order valence-electron chi connectivity index (χ0n) is 10.1. The van der Waals surface area contributed by atoms with Gasteiger partial charge in [-0.2, -0.15) is 0 Å². The van der Waals surface area contributed by atoms with Gasteiger partial charge in [-0.15, -0.1) is 0 Å². The fourth-order valence-electron chi connectivity index (χ4n) is 1.35. The van der Waals surface area contributed by atoms with E-state index in [0.717, 1.165) is 12.1 Å². The van der Waals surface area contributed by atoms with Crippen molar-refractivity contribution in [2.75, 3.05) is 13.1 Å². The van der Waals surface area contributed by atoms with Gasteiger partial charge in [0.15, 0.2) is 0 Å². The molecular formula is C12H20N2O2. The molecule has 1 atom stereocenters. The van der Waals surface area contributed by atoms with Gasteiger partial charge < -0.3 is 15.2 Å². The van der Waals surface area contributed by atoms with Crippen LogP contribution in [0.3, 0.4) is 0 Å². The molecule has 0 saturated carbocycles. The Labute approximate surface area is 96.7 Å². The Morgan fingerprint density at radius 3 is 2.81 bits per heavy atom. The number of aliphatic hydroxyl groups is 1. The fourth-order valence-corrected chi connectivity index (χ4v) is 1.35.